The number of nitrogens with one attached hydrogen (secondary N) is 1. The van der Waals surface area contributed by atoms with E-state index in [0.29, 0.717) is 5.56 Å². The van der Waals surface area contributed by atoms with E-state index in [0.717, 1.165) is 23.0 Å². The van der Waals surface area contributed by atoms with Crippen LogP contribution in [0.25, 0.3) is 0 Å². The van der Waals surface area contributed by atoms with Crippen molar-refractivity contribution in [3.63, 3.8) is 0 Å². The Morgan fingerprint density at radius 1 is 1.37 bits per heavy atom. The van der Waals surface area contributed by atoms with Crippen LogP contribution in [0.15, 0.2) is 47.2 Å². The molecule has 4 heteroatoms. The van der Waals surface area contributed by atoms with E-state index in [1.807, 2.05) is 24.3 Å². The summed E-state index contributed by atoms with van der Waals surface area (Å²) < 4.78 is 14.9. The van der Waals surface area contributed by atoms with E-state index in [-0.39, 0.29) is 11.9 Å². The van der Waals surface area contributed by atoms with Crippen LogP contribution in [-0.2, 0) is 0 Å². The summed E-state index contributed by atoms with van der Waals surface area (Å²) in [5, 5.41) is 3.38. The molecule has 0 saturated carbocycles. The molecule has 0 radical (unpaired) electrons. The molecule has 1 unspecified atom stereocenters. The van der Waals surface area contributed by atoms with Gasteiger partial charge in [0.1, 0.15) is 5.82 Å². The molecule has 1 heterocycles. The van der Waals surface area contributed by atoms with Crippen LogP contribution in [0.5, 0.6) is 0 Å². The summed E-state index contributed by atoms with van der Waals surface area (Å²) in [6, 6.07) is 9.50. The normalized spacial score (nSPS) is 12.4. The average molecular weight is 323 g/mol. The minimum Gasteiger partial charge on any atom is -0.306 e. The van der Waals surface area contributed by atoms with E-state index in [9.17, 15) is 4.39 Å². The molecule has 0 aliphatic rings. The van der Waals surface area contributed by atoms with Crippen molar-refractivity contribution in [2.75, 3.05) is 6.54 Å². The number of aromatic nitrogens is 1. The zero-order valence-corrected chi connectivity index (χ0v) is 12.3. The molecule has 0 saturated heterocycles. The van der Waals surface area contributed by atoms with E-state index >= 15 is 0 Å². The molecule has 0 amide bonds. The second-order valence-corrected chi connectivity index (χ2v) is 5.26. The standard InChI is InChI=1S/C15H16BrFN2/c1-2-7-19-15(11-4-3-5-12(16)9-11)13-6-8-18-10-14(13)17/h3-6,8-10,15,19H,2,7H2,1H3. The van der Waals surface area contributed by atoms with Crippen LogP contribution in [0.4, 0.5) is 4.39 Å². The monoisotopic (exact) mass is 322 g/mol. The van der Waals surface area contributed by atoms with Gasteiger partial charge in [-0.05, 0) is 36.7 Å². The van der Waals surface area contributed by atoms with Gasteiger partial charge in [0, 0.05) is 16.2 Å². The van der Waals surface area contributed by atoms with Gasteiger partial charge >= 0.3 is 0 Å². The minimum atomic E-state index is -0.281. The predicted molar refractivity (Wildman–Crippen MR) is 78.5 cm³/mol. The number of rotatable bonds is 5. The van der Waals surface area contributed by atoms with Gasteiger partial charge in [-0.3, -0.25) is 4.98 Å². The van der Waals surface area contributed by atoms with Crippen LogP contribution in [-0.4, -0.2) is 11.5 Å². The molecule has 2 rings (SSSR count). The van der Waals surface area contributed by atoms with Gasteiger partial charge in [-0.1, -0.05) is 35.0 Å². The van der Waals surface area contributed by atoms with Gasteiger partial charge < -0.3 is 5.32 Å². The lowest BCUT2D eigenvalue weighted by Crippen LogP contribution is -2.24. The van der Waals surface area contributed by atoms with Gasteiger partial charge in [-0.15, -0.1) is 0 Å². The molecule has 1 N–H and O–H groups in total. The van der Waals surface area contributed by atoms with Crippen molar-refractivity contribution in [1.29, 1.82) is 0 Å². The zero-order chi connectivity index (χ0) is 13.7. The first kappa shape index (κ1) is 14.2. The number of nitrogens with zero attached hydrogens (tertiary/aromatic N) is 1. The van der Waals surface area contributed by atoms with Crippen LogP contribution < -0.4 is 5.32 Å². The molecule has 1 aromatic heterocycles. The maximum absolute atomic E-state index is 13.9. The van der Waals surface area contributed by atoms with Crippen molar-refractivity contribution in [2.24, 2.45) is 0 Å². The Morgan fingerprint density at radius 2 is 2.21 bits per heavy atom. The van der Waals surface area contributed by atoms with Crippen LogP contribution >= 0.6 is 15.9 Å². The number of benzene rings is 1. The average Bonchev–Trinajstić information content (AvgIpc) is 2.41. The number of pyridine rings is 1. The largest absolute Gasteiger partial charge is 0.306 e. The number of halogens is 2. The van der Waals surface area contributed by atoms with Crippen LogP contribution in [0.2, 0.25) is 0 Å². The number of hydrogen-bond acceptors (Lipinski definition) is 2. The van der Waals surface area contributed by atoms with Crippen LogP contribution in [0.3, 0.4) is 0 Å². The predicted octanol–water partition coefficient (Wildman–Crippen LogP) is 4.07. The van der Waals surface area contributed by atoms with Gasteiger partial charge in [0.25, 0.3) is 0 Å². The quantitative estimate of drug-likeness (QED) is 0.897. The Hall–Kier alpha value is -1.26. The third-order valence-electron chi connectivity index (χ3n) is 2.90. The Labute approximate surface area is 121 Å². The SMILES string of the molecule is CCCNC(c1cccc(Br)c1)c1ccncc1F. The highest BCUT2D eigenvalue weighted by atomic mass is 79.9. The fourth-order valence-corrected chi connectivity index (χ4v) is 2.42. The molecule has 2 aromatic rings. The molecule has 1 atom stereocenters. The lowest BCUT2D eigenvalue weighted by Gasteiger charge is -2.20. The molecule has 0 aliphatic carbocycles. The summed E-state index contributed by atoms with van der Waals surface area (Å²) in [6.45, 7) is 2.92. The second kappa shape index (κ2) is 6.78. The molecule has 1 aromatic carbocycles. The first-order chi connectivity index (χ1) is 9.22. The van der Waals surface area contributed by atoms with Gasteiger partial charge in [0.2, 0.25) is 0 Å². The van der Waals surface area contributed by atoms with Crippen molar-refractivity contribution in [3.8, 4) is 0 Å². The van der Waals surface area contributed by atoms with Crippen molar-refractivity contribution < 1.29 is 4.39 Å². The maximum Gasteiger partial charge on any atom is 0.146 e. The smallest absolute Gasteiger partial charge is 0.146 e. The van der Waals surface area contributed by atoms with E-state index in [4.69, 9.17) is 0 Å². The third kappa shape index (κ3) is 3.61. The van der Waals surface area contributed by atoms with E-state index in [1.165, 1.54) is 6.20 Å². The van der Waals surface area contributed by atoms with E-state index in [2.05, 4.69) is 33.2 Å². The fraction of sp³-hybridized carbons (Fsp3) is 0.267. The summed E-state index contributed by atoms with van der Waals surface area (Å²) in [7, 11) is 0. The minimum absolute atomic E-state index is 0.152. The third-order valence-corrected chi connectivity index (χ3v) is 3.39. The highest BCUT2D eigenvalue weighted by molar-refractivity contribution is 9.10. The molecule has 100 valence electrons. The molecule has 0 bridgehead atoms. The van der Waals surface area contributed by atoms with Gasteiger partial charge in [0.05, 0.1) is 12.2 Å². The molecular weight excluding hydrogens is 307 g/mol. The fourth-order valence-electron chi connectivity index (χ4n) is 2.00. The number of hydrogen-bond donors (Lipinski definition) is 1. The zero-order valence-electron chi connectivity index (χ0n) is 10.7. The summed E-state index contributed by atoms with van der Waals surface area (Å²) in [5.41, 5.74) is 1.66. The molecule has 0 aliphatic heterocycles. The Bertz CT molecular complexity index is 545. The molecular formula is C15H16BrFN2. The summed E-state index contributed by atoms with van der Waals surface area (Å²) in [4.78, 5) is 3.81. The molecule has 2 nitrogen and oxygen atoms in total. The van der Waals surface area contributed by atoms with Crippen LogP contribution in [0.1, 0.15) is 30.5 Å². The van der Waals surface area contributed by atoms with Crippen molar-refractivity contribution >= 4 is 15.9 Å². The second-order valence-electron chi connectivity index (χ2n) is 4.34. The highest BCUT2D eigenvalue weighted by Crippen LogP contribution is 2.26. The maximum atomic E-state index is 13.9. The van der Waals surface area contributed by atoms with Crippen LogP contribution in [0, 0.1) is 5.82 Å². The molecule has 19 heavy (non-hydrogen) atoms. The first-order valence-electron chi connectivity index (χ1n) is 6.30. The van der Waals surface area contributed by atoms with E-state index in [1.54, 1.807) is 12.3 Å². The lowest BCUT2D eigenvalue weighted by molar-refractivity contribution is 0.543. The van der Waals surface area contributed by atoms with Gasteiger partial charge in [-0.2, -0.15) is 0 Å². The topological polar surface area (TPSA) is 24.9 Å². The van der Waals surface area contributed by atoms with Gasteiger partial charge in [-0.25, -0.2) is 4.39 Å². The summed E-state index contributed by atoms with van der Waals surface area (Å²) >= 11 is 3.46. The van der Waals surface area contributed by atoms with Crippen molar-refractivity contribution in [2.45, 2.75) is 19.4 Å². The molecule has 0 spiro atoms. The van der Waals surface area contributed by atoms with Crippen molar-refractivity contribution in [3.05, 3.63) is 64.1 Å². The van der Waals surface area contributed by atoms with E-state index < -0.39 is 0 Å². The highest BCUT2D eigenvalue weighted by Gasteiger charge is 2.17. The Kier molecular flexibility index (Phi) is 5.05. The lowest BCUT2D eigenvalue weighted by atomic mass is 9.99. The first-order valence-corrected chi connectivity index (χ1v) is 7.10. The van der Waals surface area contributed by atoms with Gasteiger partial charge in [0.15, 0.2) is 0 Å². The summed E-state index contributed by atoms with van der Waals surface area (Å²) in [5.74, 6) is -0.281. The van der Waals surface area contributed by atoms with Crippen molar-refractivity contribution in [1.82, 2.24) is 10.3 Å². The Morgan fingerprint density at radius 3 is 2.89 bits per heavy atom. The Balaban J connectivity index is 2.38. The molecule has 0 fully saturated rings. The summed E-state index contributed by atoms with van der Waals surface area (Å²) in [6.07, 6.45) is 3.88.